The molecule has 2 amide bonds. The lowest BCUT2D eigenvalue weighted by Crippen LogP contribution is -2.36. The van der Waals surface area contributed by atoms with Crippen molar-refractivity contribution in [2.75, 3.05) is 18.0 Å². The van der Waals surface area contributed by atoms with Crippen molar-refractivity contribution < 1.29 is 4.79 Å². The highest BCUT2D eigenvalue weighted by Crippen LogP contribution is 2.19. The molecule has 1 unspecified atom stereocenters. The van der Waals surface area contributed by atoms with Gasteiger partial charge in [0, 0.05) is 25.8 Å². The first-order chi connectivity index (χ1) is 12.1. The van der Waals surface area contributed by atoms with Crippen LogP contribution in [0.4, 0.5) is 10.6 Å². The van der Waals surface area contributed by atoms with Crippen LogP contribution in [0.1, 0.15) is 42.5 Å². The lowest BCUT2D eigenvalue weighted by atomic mass is 10.0. The molecule has 25 heavy (non-hydrogen) atoms. The monoisotopic (exact) mass is 338 g/mol. The minimum Gasteiger partial charge on any atom is -0.357 e. The third kappa shape index (κ3) is 4.50. The van der Waals surface area contributed by atoms with Crippen LogP contribution < -0.4 is 15.5 Å². The van der Waals surface area contributed by atoms with Gasteiger partial charge in [0.15, 0.2) is 0 Å². The van der Waals surface area contributed by atoms with Crippen LogP contribution in [0.5, 0.6) is 0 Å². The fourth-order valence-electron chi connectivity index (χ4n) is 3.27. The van der Waals surface area contributed by atoms with Crippen LogP contribution in [-0.2, 0) is 6.54 Å². The summed E-state index contributed by atoms with van der Waals surface area (Å²) in [6.07, 6.45) is 4.27. The van der Waals surface area contributed by atoms with E-state index in [1.54, 1.807) is 0 Å². The summed E-state index contributed by atoms with van der Waals surface area (Å²) in [4.78, 5) is 18.9. The first-order valence-corrected chi connectivity index (χ1v) is 8.93. The molecule has 0 bridgehead atoms. The molecular weight excluding hydrogens is 312 g/mol. The fraction of sp³-hybridized carbons (Fsp3) is 0.400. The zero-order valence-electron chi connectivity index (χ0n) is 15.0. The molecule has 132 valence electrons. The number of nitrogens with zero attached hydrogens (tertiary/aromatic N) is 2. The lowest BCUT2D eigenvalue weighted by Gasteiger charge is -2.18. The van der Waals surface area contributed by atoms with E-state index < -0.39 is 0 Å². The van der Waals surface area contributed by atoms with Crippen molar-refractivity contribution in [3.63, 3.8) is 0 Å². The number of urea groups is 1. The number of carbonyl (C=O) groups is 1. The van der Waals surface area contributed by atoms with E-state index in [0.717, 1.165) is 30.0 Å². The number of aromatic nitrogens is 1. The fourth-order valence-corrected chi connectivity index (χ4v) is 3.27. The Morgan fingerprint density at radius 2 is 2.00 bits per heavy atom. The second-order valence-electron chi connectivity index (χ2n) is 6.62. The van der Waals surface area contributed by atoms with Crippen LogP contribution in [0.25, 0.3) is 0 Å². The van der Waals surface area contributed by atoms with Gasteiger partial charge in [0.2, 0.25) is 0 Å². The maximum atomic E-state index is 12.2. The molecule has 2 aromatic rings. The van der Waals surface area contributed by atoms with Crippen LogP contribution in [0, 0.1) is 6.92 Å². The Kier molecular flexibility index (Phi) is 5.53. The van der Waals surface area contributed by atoms with Crippen LogP contribution in [-0.4, -0.2) is 24.1 Å². The molecule has 2 N–H and O–H groups in total. The highest BCUT2D eigenvalue weighted by atomic mass is 16.2. The van der Waals surface area contributed by atoms with Crippen molar-refractivity contribution >= 4 is 11.8 Å². The second-order valence-corrected chi connectivity index (χ2v) is 6.62. The summed E-state index contributed by atoms with van der Waals surface area (Å²) in [6, 6.07) is 11.9. The van der Waals surface area contributed by atoms with Gasteiger partial charge in [0.25, 0.3) is 0 Å². The zero-order chi connectivity index (χ0) is 17.6. The summed E-state index contributed by atoms with van der Waals surface area (Å²) >= 11 is 0. The summed E-state index contributed by atoms with van der Waals surface area (Å²) in [6.45, 7) is 6.69. The van der Waals surface area contributed by atoms with Crippen molar-refractivity contribution in [2.45, 2.75) is 39.3 Å². The molecular formula is C20H26N4O. The van der Waals surface area contributed by atoms with Gasteiger partial charge in [-0.1, -0.05) is 24.3 Å². The van der Waals surface area contributed by atoms with Gasteiger partial charge in [-0.05, 0) is 55.5 Å². The first kappa shape index (κ1) is 17.3. The second kappa shape index (κ2) is 8.01. The molecule has 0 radical (unpaired) electrons. The minimum atomic E-state index is -0.157. The predicted molar refractivity (Wildman–Crippen MR) is 101 cm³/mol. The van der Waals surface area contributed by atoms with E-state index in [-0.39, 0.29) is 12.1 Å². The number of carbonyl (C=O) groups excluding carboxylic acids is 1. The number of rotatable bonds is 5. The van der Waals surface area contributed by atoms with E-state index in [1.807, 2.05) is 37.4 Å². The maximum absolute atomic E-state index is 12.2. The first-order valence-electron chi connectivity index (χ1n) is 8.93. The average Bonchev–Trinajstić information content (AvgIpc) is 3.15. The topological polar surface area (TPSA) is 57.3 Å². The van der Waals surface area contributed by atoms with E-state index in [2.05, 4.69) is 39.6 Å². The average molecular weight is 338 g/mol. The molecule has 1 aliphatic rings. The molecule has 2 heterocycles. The van der Waals surface area contributed by atoms with Crippen LogP contribution in [0.3, 0.4) is 0 Å². The normalized spacial score (nSPS) is 15.0. The van der Waals surface area contributed by atoms with Crippen molar-refractivity contribution in [3.8, 4) is 0 Å². The summed E-state index contributed by atoms with van der Waals surface area (Å²) < 4.78 is 0. The molecule has 1 fully saturated rings. The third-order valence-corrected chi connectivity index (χ3v) is 4.70. The van der Waals surface area contributed by atoms with Gasteiger partial charge in [-0.3, -0.25) is 0 Å². The standard InChI is InChI=1S/C20H26N4O/c1-15-7-3-4-8-18(15)16(2)23-20(25)22-14-17-9-10-21-19(13-17)24-11-5-6-12-24/h3-4,7-10,13,16H,5-6,11-12,14H2,1-2H3,(H2,22,23,25). The Hall–Kier alpha value is -2.56. The lowest BCUT2D eigenvalue weighted by molar-refractivity contribution is 0.237. The van der Waals surface area contributed by atoms with Gasteiger partial charge in [-0.2, -0.15) is 0 Å². The van der Waals surface area contributed by atoms with Crippen LogP contribution in [0.2, 0.25) is 0 Å². The maximum Gasteiger partial charge on any atom is 0.315 e. The number of aryl methyl sites for hydroxylation is 1. The van der Waals surface area contributed by atoms with E-state index in [1.165, 1.54) is 18.4 Å². The molecule has 0 spiro atoms. The van der Waals surface area contributed by atoms with Gasteiger partial charge in [-0.25, -0.2) is 9.78 Å². The van der Waals surface area contributed by atoms with Gasteiger partial charge in [-0.15, -0.1) is 0 Å². The summed E-state index contributed by atoms with van der Waals surface area (Å²) in [5, 5.41) is 5.94. The largest absolute Gasteiger partial charge is 0.357 e. The molecule has 3 rings (SSSR count). The SMILES string of the molecule is Cc1ccccc1C(C)NC(=O)NCc1ccnc(N2CCCC2)c1. The van der Waals surface area contributed by atoms with Crippen molar-refractivity contribution in [1.82, 2.24) is 15.6 Å². The Balaban J connectivity index is 1.54. The van der Waals surface area contributed by atoms with Gasteiger partial charge in [0.1, 0.15) is 5.82 Å². The predicted octanol–water partition coefficient (Wildman–Crippen LogP) is 3.55. The minimum absolute atomic E-state index is 0.0289. The Morgan fingerprint density at radius 3 is 2.76 bits per heavy atom. The molecule has 5 heteroatoms. The molecule has 0 aliphatic carbocycles. The summed E-state index contributed by atoms with van der Waals surface area (Å²) in [5.41, 5.74) is 3.38. The van der Waals surface area contributed by atoms with Gasteiger partial charge >= 0.3 is 6.03 Å². The van der Waals surface area contributed by atoms with Gasteiger partial charge < -0.3 is 15.5 Å². The van der Waals surface area contributed by atoms with Crippen LogP contribution >= 0.6 is 0 Å². The number of nitrogens with one attached hydrogen (secondary N) is 2. The Bertz CT molecular complexity index is 725. The van der Waals surface area contributed by atoms with Crippen molar-refractivity contribution in [2.24, 2.45) is 0 Å². The van der Waals surface area contributed by atoms with E-state index in [4.69, 9.17) is 0 Å². The number of amides is 2. The number of pyridine rings is 1. The van der Waals surface area contributed by atoms with Gasteiger partial charge in [0.05, 0.1) is 6.04 Å². The Labute approximate surface area is 149 Å². The number of hydrogen-bond donors (Lipinski definition) is 2. The molecule has 1 aliphatic heterocycles. The van der Waals surface area contributed by atoms with E-state index in [9.17, 15) is 4.79 Å². The smallest absolute Gasteiger partial charge is 0.315 e. The summed E-state index contributed by atoms with van der Waals surface area (Å²) in [7, 11) is 0. The number of anilines is 1. The zero-order valence-corrected chi connectivity index (χ0v) is 15.0. The third-order valence-electron chi connectivity index (χ3n) is 4.70. The molecule has 1 aromatic heterocycles. The number of benzene rings is 1. The molecule has 5 nitrogen and oxygen atoms in total. The van der Waals surface area contributed by atoms with Crippen molar-refractivity contribution in [1.29, 1.82) is 0 Å². The van der Waals surface area contributed by atoms with E-state index >= 15 is 0 Å². The quantitative estimate of drug-likeness (QED) is 0.876. The molecule has 1 aromatic carbocycles. The Morgan fingerprint density at radius 1 is 1.24 bits per heavy atom. The molecule has 0 saturated carbocycles. The summed E-state index contributed by atoms with van der Waals surface area (Å²) in [5.74, 6) is 1.01. The highest BCUT2D eigenvalue weighted by Gasteiger charge is 2.14. The van der Waals surface area contributed by atoms with E-state index in [0.29, 0.717) is 6.54 Å². The van der Waals surface area contributed by atoms with Crippen LogP contribution in [0.15, 0.2) is 42.6 Å². The number of hydrogen-bond acceptors (Lipinski definition) is 3. The molecule has 1 saturated heterocycles. The highest BCUT2D eigenvalue weighted by molar-refractivity contribution is 5.74. The van der Waals surface area contributed by atoms with Crippen molar-refractivity contribution in [3.05, 3.63) is 59.3 Å². The molecule has 1 atom stereocenters.